The van der Waals surface area contributed by atoms with Crippen LogP contribution in [0.25, 0.3) is 17.0 Å². The summed E-state index contributed by atoms with van der Waals surface area (Å²) in [5, 5.41) is 15.8. The Morgan fingerprint density at radius 3 is 2.76 bits per heavy atom. The van der Waals surface area contributed by atoms with Gasteiger partial charge in [0, 0.05) is 17.0 Å². The fourth-order valence-electron chi connectivity index (χ4n) is 2.94. The second-order valence-electron chi connectivity index (χ2n) is 6.15. The lowest BCUT2D eigenvalue weighted by molar-refractivity contribution is 0.426. The van der Waals surface area contributed by atoms with Gasteiger partial charge in [-0.1, -0.05) is 35.9 Å². The van der Waals surface area contributed by atoms with Gasteiger partial charge in [-0.15, -0.1) is 0 Å². The van der Waals surface area contributed by atoms with Crippen molar-refractivity contribution in [2.75, 3.05) is 0 Å². The average molecular weight is 353 g/mol. The lowest BCUT2D eigenvalue weighted by Gasteiger charge is -2.04. The Labute approximate surface area is 149 Å². The molecule has 0 fully saturated rings. The van der Waals surface area contributed by atoms with Crippen LogP contribution in [-0.2, 0) is 6.42 Å². The van der Waals surface area contributed by atoms with Crippen LogP contribution < -0.4 is 0 Å². The number of hydrogen-bond acceptors (Lipinski definition) is 3. The van der Waals surface area contributed by atoms with Gasteiger partial charge in [-0.25, -0.2) is 4.98 Å². The minimum Gasteiger partial charge on any atom is -0.493 e. The highest BCUT2D eigenvalue weighted by Gasteiger charge is 2.19. The number of rotatable bonds is 3. The van der Waals surface area contributed by atoms with Gasteiger partial charge in [-0.3, -0.25) is 0 Å². The van der Waals surface area contributed by atoms with Crippen molar-refractivity contribution >= 4 is 22.6 Å². The first-order chi connectivity index (χ1) is 12.0. The molecule has 126 valence electrons. The van der Waals surface area contributed by atoms with Crippen LogP contribution >= 0.6 is 11.6 Å². The van der Waals surface area contributed by atoms with Crippen molar-refractivity contribution in [3.8, 4) is 11.8 Å². The first-order valence-corrected chi connectivity index (χ1v) is 8.38. The summed E-state index contributed by atoms with van der Waals surface area (Å²) in [6.07, 6.45) is 0.511. The molecule has 0 aliphatic carbocycles. The summed E-state index contributed by atoms with van der Waals surface area (Å²) in [7, 11) is 0. The van der Waals surface area contributed by atoms with Crippen LogP contribution in [0.3, 0.4) is 0 Å². The highest BCUT2D eigenvalue weighted by molar-refractivity contribution is 6.31. The summed E-state index contributed by atoms with van der Waals surface area (Å²) in [6.45, 7) is 3.89. The third-order valence-corrected chi connectivity index (χ3v) is 4.68. The zero-order valence-electron chi connectivity index (χ0n) is 13.9. The van der Waals surface area contributed by atoms with Gasteiger partial charge in [0.15, 0.2) is 0 Å². The molecule has 2 N–H and O–H groups in total. The molecule has 2 heterocycles. The van der Waals surface area contributed by atoms with Crippen LogP contribution in [0.2, 0.25) is 5.02 Å². The standard InChI is InChI=1S/C19H17ClN4O/c1-11-7-8-16-17(9-11)22-19(21-16)24-18(25)14(12(2)23-24)10-13-5-3-4-6-15(13)20/h3-9,25H,10H2,1-2H3,(H,21,22). The molecule has 25 heavy (non-hydrogen) atoms. The smallest absolute Gasteiger partial charge is 0.232 e. The van der Waals surface area contributed by atoms with Gasteiger partial charge in [0.25, 0.3) is 0 Å². The maximum absolute atomic E-state index is 10.7. The van der Waals surface area contributed by atoms with Crippen LogP contribution in [-0.4, -0.2) is 24.9 Å². The first-order valence-electron chi connectivity index (χ1n) is 8.00. The molecular formula is C19H17ClN4O. The topological polar surface area (TPSA) is 66.7 Å². The Morgan fingerprint density at radius 1 is 1.16 bits per heavy atom. The van der Waals surface area contributed by atoms with Crippen LogP contribution in [0, 0.1) is 13.8 Å². The zero-order valence-corrected chi connectivity index (χ0v) is 14.7. The van der Waals surface area contributed by atoms with Gasteiger partial charge < -0.3 is 10.1 Å². The molecule has 0 unspecified atom stereocenters. The highest BCUT2D eigenvalue weighted by atomic mass is 35.5. The number of aryl methyl sites for hydroxylation is 2. The molecule has 5 nitrogen and oxygen atoms in total. The molecule has 2 aromatic carbocycles. The number of halogens is 1. The fraction of sp³-hybridized carbons (Fsp3) is 0.158. The highest BCUT2D eigenvalue weighted by Crippen LogP contribution is 2.29. The van der Waals surface area contributed by atoms with E-state index in [0.717, 1.165) is 33.4 Å². The molecule has 0 saturated carbocycles. The molecule has 0 spiro atoms. The maximum Gasteiger partial charge on any atom is 0.232 e. The molecule has 0 bridgehead atoms. The largest absolute Gasteiger partial charge is 0.493 e. The number of aromatic nitrogens is 4. The van der Waals surface area contributed by atoms with Crippen molar-refractivity contribution in [1.29, 1.82) is 0 Å². The van der Waals surface area contributed by atoms with E-state index in [9.17, 15) is 5.11 Å². The van der Waals surface area contributed by atoms with Gasteiger partial charge in [-0.2, -0.15) is 9.78 Å². The maximum atomic E-state index is 10.7. The van der Waals surface area contributed by atoms with E-state index in [-0.39, 0.29) is 5.88 Å². The van der Waals surface area contributed by atoms with Gasteiger partial charge in [0.1, 0.15) is 0 Å². The Bertz CT molecular complexity index is 1080. The van der Waals surface area contributed by atoms with Crippen molar-refractivity contribution in [3.05, 3.63) is 69.9 Å². The number of aromatic hydroxyl groups is 1. The summed E-state index contributed by atoms with van der Waals surface area (Å²) in [5.41, 5.74) is 5.31. The molecule has 4 rings (SSSR count). The number of nitrogens with one attached hydrogen (secondary N) is 1. The number of aromatic amines is 1. The number of imidazole rings is 1. The molecular weight excluding hydrogens is 336 g/mol. The van der Waals surface area contributed by atoms with Crippen molar-refractivity contribution < 1.29 is 5.11 Å². The molecule has 6 heteroatoms. The van der Waals surface area contributed by atoms with Crippen molar-refractivity contribution in [1.82, 2.24) is 19.7 Å². The predicted octanol–water partition coefficient (Wildman–Crippen LogP) is 4.32. The number of fused-ring (bicyclic) bond motifs is 1. The summed E-state index contributed by atoms with van der Waals surface area (Å²) in [4.78, 5) is 7.74. The van der Waals surface area contributed by atoms with Crippen LogP contribution in [0.15, 0.2) is 42.5 Å². The van der Waals surface area contributed by atoms with E-state index in [0.29, 0.717) is 17.4 Å². The summed E-state index contributed by atoms with van der Waals surface area (Å²) >= 11 is 6.24. The molecule has 0 aliphatic rings. The van der Waals surface area contributed by atoms with E-state index in [1.807, 2.05) is 56.3 Å². The van der Waals surface area contributed by atoms with Gasteiger partial charge in [-0.05, 0) is 43.2 Å². The van der Waals surface area contributed by atoms with E-state index in [1.54, 1.807) is 0 Å². The van der Waals surface area contributed by atoms with E-state index < -0.39 is 0 Å². The van der Waals surface area contributed by atoms with Crippen molar-refractivity contribution in [2.45, 2.75) is 20.3 Å². The van der Waals surface area contributed by atoms with Crippen LogP contribution in [0.4, 0.5) is 0 Å². The molecule has 2 aromatic heterocycles. The van der Waals surface area contributed by atoms with Crippen molar-refractivity contribution in [2.24, 2.45) is 0 Å². The van der Waals surface area contributed by atoms with Crippen LogP contribution in [0.1, 0.15) is 22.4 Å². The second kappa shape index (κ2) is 5.93. The Hall–Kier alpha value is -2.79. The van der Waals surface area contributed by atoms with Crippen LogP contribution in [0.5, 0.6) is 5.88 Å². The minimum atomic E-state index is 0.0770. The molecule has 0 aliphatic heterocycles. The molecule has 4 aromatic rings. The van der Waals surface area contributed by atoms with Gasteiger partial charge in [0.2, 0.25) is 11.8 Å². The number of nitrogens with zero attached hydrogens (tertiary/aromatic N) is 3. The number of hydrogen-bond donors (Lipinski definition) is 2. The first kappa shape index (κ1) is 15.7. The van der Waals surface area contributed by atoms with E-state index in [1.165, 1.54) is 4.68 Å². The quantitative estimate of drug-likeness (QED) is 0.577. The summed E-state index contributed by atoms with van der Waals surface area (Å²) < 4.78 is 1.44. The summed E-state index contributed by atoms with van der Waals surface area (Å²) in [5.74, 6) is 0.569. The fourth-order valence-corrected chi connectivity index (χ4v) is 3.14. The summed E-state index contributed by atoms with van der Waals surface area (Å²) in [6, 6.07) is 13.6. The Morgan fingerprint density at radius 2 is 1.96 bits per heavy atom. The van der Waals surface area contributed by atoms with Gasteiger partial charge in [0.05, 0.1) is 16.7 Å². The Balaban J connectivity index is 1.77. The monoisotopic (exact) mass is 352 g/mol. The predicted molar refractivity (Wildman–Crippen MR) is 98.6 cm³/mol. The van der Waals surface area contributed by atoms with Gasteiger partial charge >= 0.3 is 0 Å². The van der Waals surface area contributed by atoms with Crippen molar-refractivity contribution in [3.63, 3.8) is 0 Å². The minimum absolute atomic E-state index is 0.0770. The lowest BCUT2D eigenvalue weighted by atomic mass is 10.1. The SMILES string of the molecule is Cc1ccc2[nH]c(-n3nc(C)c(Cc4ccccc4Cl)c3O)nc2c1. The molecule has 0 saturated heterocycles. The third kappa shape index (κ3) is 2.76. The number of H-pyrrole nitrogens is 1. The number of benzene rings is 2. The van der Waals surface area contributed by atoms with E-state index >= 15 is 0 Å². The van der Waals surface area contributed by atoms with E-state index in [2.05, 4.69) is 15.1 Å². The molecule has 0 amide bonds. The normalized spacial score (nSPS) is 11.3. The molecule has 0 atom stereocenters. The second-order valence-corrected chi connectivity index (χ2v) is 6.56. The molecule has 0 radical (unpaired) electrons. The lowest BCUT2D eigenvalue weighted by Crippen LogP contribution is -1.98. The average Bonchev–Trinajstić information content (AvgIpc) is 3.12. The zero-order chi connectivity index (χ0) is 17.6. The third-order valence-electron chi connectivity index (χ3n) is 4.31. The van der Waals surface area contributed by atoms with E-state index in [4.69, 9.17) is 11.6 Å². The Kier molecular flexibility index (Phi) is 3.73.